The Morgan fingerprint density at radius 3 is 2.26 bits per heavy atom. The number of benzene rings is 2. The summed E-state index contributed by atoms with van der Waals surface area (Å²) in [6.07, 6.45) is 0. The number of rotatable bonds is 4. The molecule has 0 saturated carbocycles. The smallest absolute Gasteiger partial charge is 1.00 e. The van der Waals surface area contributed by atoms with Gasteiger partial charge in [-0.2, -0.15) is 0 Å². The van der Waals surface area contributed by atoms with Gasteiger partial charge < -0.3 is 46.5 Å². The number of fused-ring (bicyclic) bond motifs is 2. The molecule has 0 aliphatic rings. The van der Waals surface area contributed by atoms with Gasteiger partial charge in [0.05, 0.1) is 14.1 Å². The van der Waals surface area contributed by atoms with Crippen LogP contribution in [0.3, 0.4) is 0 Å². The molecule has 0 saturated heterocycles. The van der Waals surface area contributed by atoms with Crippen LogP contribution in [0.2, 0.25) is 0 Å². The van der Waals surface area contributed by atoms with Crippen molar-refractivity contribution in [2.75, 3.05) is 18.0 Å². The fraction of sp³-hybridized carbons (Fsp3) is 0.273. The Morgan fingerprint density at radius 1 is 1.00 bits per heavy atom. The molecule has 0 N–H and O–H groups in total. The Morgan fingerprint density at radius 2 is 1.65 bits per heavy atom. The van der Waals surface area contributed by atoms with E-state index in [4.69, 9.17) is 4.42 Å². The summed E-state index contributed by atoms with van der Waals surface area (Å²) in [7, 11) is 3.95. The largest absolute Gasteiger partial charge is 2.00 e. The summed E-state index contributed by atoms with van der Waals surface area (Å²) in [5.74, 6) is 0.833. The number of hydrogen-bond acceptors (Lipinski definition) is 3. The van der Waals surface area contributed by atoms with Crippen LogP contribution in [-0.4, -0.2) is 17.7 Å². The monoisotopic (exact) mass is 531 g/mol. The van der Waals surface area contributed by atoms with E-state index in [1.807, 2.05) is 53.6 Å². The standard InChI is InChI=1S/C22H24N3O2.3ClH.Zn/c1-5-25(6-2)16-12-11-15-13-17(22(26)27-20(15)14-16)21-23(3)18-9-7-8-10-19(18)24(21)4;;;;/h7-14H,5-6H2,1-4H3;3*1H;/q+1;;;;+2/p-3. The summed E-state index contributed by atoms with van der Waals surface area (Å²) >= 11 is 0. The molecule has 4 rings (SSSR count). The van der Waals surface area contributed by atoms with E-state index >= 15 is 0 Å². The van der Waals surface area contributed by atoms with Crippen molar-refractivity contribution in [2.45, 2.75) is 13.8 Å². The van der Waals surface area contributed by atoms with Crippen LogP contribution >= 0.6 is 0 Å². The molecule has 2 aromatic carbocycles. The van der Waals surface area contributed by atoms with Gasteiger partial charge in [0.25, 0.3) is 5.82 Å². The molecule has 4 aromatic rings. The third-order valence-electron chi connectivity index (χ3n) is 5.33. The quantitative estimate of drug-likeness (QED) is 0.149. The van der Waals surface area contributed by atoms with Gasteiger partial charge in [0.2, 0.25) is 0 Å². The second kappa shape index (κ2) is 11.9. The van der Waals surface area contributed by atoms with E-state index in [1.165, 1.54) is 0 Å². The Kier molecular flexibility index (Phi) is 11.3. The molecule has 0 spiro atoms. The Labute approximate surface area is 213 Å². The van der Waals surface area contributed by atoms with Crippen molar-refractivity contribution in [2.24, 2.45) is 14.1 Å². The zero-order valence-electron chi connectivity index (χ0n) is 18.0. The summed E-state index contributed by atoms with van der Waals surface area (Å²) in [5.41, 5.74) is 4.09. The first kappa shape index (κ1) is 29.4. The molecule has 0 radical (unpaired) electrons. The van der Waals surface area contributed by atoms with Gasteiger partial charge in [-0.1, -0.05) is 12.1 Å². The Balaban J connectivity index is 0.00000225. The Hall–Kier alpha value is -1.59. The summed E-state index contributed by atoms with van der Waals surface area (Å²) in [6, 6.07) is 16.1. The molecule has 5 nitrogen and oxygen atoms in total. The molecular weight excluding hydrogens is 510 g/mol. The van der Waals surface area contributed by atoms with Crippen molar-refractivity contribution >= 4 is 27.7 Å². The molecule has 0 bridgehead atoms. The van der Waals surface area contributed by atoms with E-state index in [1.54, 1.807) is 0 Å². The first-order valence-corrected chi connectivity index (χ1v) is 9.31. The van der Waals surface area contributed by atoms with Crippen molar-refractivity contribution in [3.05, 3.63) is 59.0 Å². The molecule has 31 heavy (non-hydrogen) atoms. The second-order valence-electron chi connectivity index (χ2n) is 6.77. The first-order valence-electron chi connectivity index (χ1n) is 9.31. The molecule has 2 aromatic heterocycles. The van der Waals surface area contributed by atoms with Crippen LogP contribution in [0.5, 0.6) is 0 Å². The number of para-hydroxylation sites is 2. The normalized spacial score (nSPS) is 9.94. The van der Waals surface area contributed by atoms with E-state index in [9.17, 15) is 4.79 Å². The van der Waals surface area contributed by atoms with Gasteiger partial charge in [-0.15, -0.1) is 0 Å². The molecular formula is C22H24Cl3N3O2Zn. The molecule has 0 atom stereocenters. The van der Waals surface area contributed by atoms with Crippen LogP contribution in [0.4, 0.5) is 5.69 Å². The number of halogens is 3. The average Bonchev–Trinajstić information content (AvgIpc) is 2.93. The maximum absolute atomic E-state index is 12.8. The van der Waals surface area contributed by atoms with Crippen LogP contribution in [0, 0.1) is 0 Å². The minimum atomic E-state index is -0.319. The zero-order chi connectivity index (χ0) is 19.1. The van der Waals surface area contributed by atoms with Crippen molar-refractivity contribution in [3.63, 3.8) is 0 Å². The van der Waals surface area contributed by atoms with Crippen LogP contribution < -0.4 is 52.3 Å². The topological polar surface area (TPSA) is 42.3 Å². The van der Waals surface area contributed by atoms with Gasteiger partial charge in [0.15, 0.2) is 16.6 Å². The molecule has 0 fully saturated rings. The number of anilines is 1. The number of imidazole rings is 1. The Bertz CT molecular complexity index is 1180. The van der Waals surface area contributed by atoms with E-state index in [0.29, 0.717) is 11.1 Å². The van der Waals surface area contributed by atoms with Crippen LogP contribution in [-0.2, 0) is 33.6 Å². The van der Waals surface area contributed by atoms with Crippen LogP contribution in [0.1, 0.15) is 13.8 Å². The number of aryl methyl sites for hydroxylation is 2. The number of aromatic nitrogens is 2. The van der Waals surface area contributed by atoms with E-state index in [2.05, 4.69) is 36.9 Å². The fourth-order valence-corrected chi connectivity index (χ4v) is 3.89. The molecule has 0 aliphatic carbocycles. The fourth-order valence-electron chi connectivity index (χ4n) is 3.89. The molecule has 0 amide bonds. The minimum Gasteiger partial charge on any atom is -1.00 e. The van der Waals surface area contributed by atoms with Gasteiger partial charge in [0, 0.05) is 30.2 Å². The van der Waals surface area contributed by atoms with Crippen LogP contribution in [0.25, 0.3) is 33.4 Å². The third kappa shape index (κ3) is 5.09. The molecule has 162 valence electrons. The van der Waals surface area contributed by atoms with Gasteiger partial charge in [0.1, 0.15) is 5.58 Å². The molecule has 0 unspecified atom stereocenters. The predicted molar refractivity (Wildman–Crippen MR) is 109 cm³/mol. The average molecular weight is 534 g/mol. The summed E-state index contributed by atoms with van der Waals surface area (Å²) in [4.78, 5) is 15.1. The molecule has 9 heteroatoms. The maximum Gasteiger partial charge on any atom is 2.00 e. The zero-order valence-corrected chi connectivity index (χ0v) is 23.3. The number of hydrogen-bond donors (Lipinski definition) is 0. The van der Waals surface area contributed by atoms with Gasteiger partial charge in [-0.25, -0.2) is 13.9 Å². The van der Waals surface area contributed by atoms with E-state index in [0.717, 1.165) is 41.0 Å². The van der Waals surface area contributed by atoms with E-state index < -0.39 is 0 Å². The second-order valence-corrected chi connectivity index (χ2v) is 6.77. The van der Waals surface area contributed by atoms with E-state index in [-0.39, 0.29) is 62.3 Å². The third-order valence-corrected chi connectivity index (χ3v) is 5.33. The van der Waals surface area contributed by atoms with Gasteiger partial charge in [-0.3, -0.25) is 0 Å². The van der Waals surface area contributed by atoms with Crippen LogP contribution in [0.15, 0.2) is 57.7 Å². The summed E-state index contributed by atoms with van der Waals surface area (Å²) in [5, 5.41) is 0.922. The molecule has 2 heterocycles. The van der Waals surface area contributed by atoms with Crippen molar-refractivity contribution in [3.8, 4) is 11.4 Å². The van der Waals surface area contributed by atoms with Crippen molar-refractivity contribution < 1.29 is 65.7 Å². The molecule has 0 aliphatic heterocycles. The first-order chi connectivity index (χ1) is 13.0. The SMILES string of the molecule is CCN(CC)c1ccc2cc(-c3n(C)c4ccccc4[n+]3C)c(=O)oc2c1.[Cl-].[Cl-].[Cl-].[Zn+2]. The van der Waals surface area contributed by atoms with Gasteiger partial charge >= 0.3 is 25.1 Å². The summed E-state index contributed by atoms with van der Waals surface area (Å²) < 4.78 is 9.80. The van der Waals surface area contributed by atoms with Crippen molar-refractivity contribution in [1.29, 1.82) is 0 Å². The number of nitrogens with zero attached hydrogens (tertiary/aromatic N) is 3. The van der Waals surface area contributed by atoms with Crippen molar-refractivity contribution in [1.82, 2.24) is 4.57 Å². The van der Waals surface area contributed by atoms with Gasteiger partial charge in [-0.05, 0) is 44.2 Å². The predicted octanol–water partition coefficient (Wildman–Crippen LogP) is -5.37. The maximum atomic E-state index is 12.8. The minimum absolute atomic E-state index is 0. The summed E-state index contributed by atoms with van der Waals surface area (Å²) in [6.45, 7) is 6.06.